The molecule has 0 N–H and O–H groups in total. The van der Waals surface area contributed by atoms with E-state index in [1.54, 1.807) is 12.1 Å². The maximum atomic E-state index is 13.3. The summed E-state index contributed by atoms with van der Waals surface area (Å²) in [5.74, 6) is -1.25. The zero-order chi connectivity index (χ0) is 17.6. The summed E-state index contributed by atoms with van der Waals surface area (Å²) in [6.45, 7) is 0. The number of hydrogen-bond acceptors (Lipinski definition) is 1. The van der Waals surface area contributed by atoms with E-state index in [4.69, 9.17) is 4.74 Å². The molecule has 4 rings (SSSR count). The first-order valence-electron chi connectivity index (χ1n) is 7.67. The van der Waals surface area contributed by atoms with E-state index >= 15 is 0 Å². The maximum absolute atomic E-state index is 13.3. The molecule has 1 unspecified atom stereocenters. The Hall–Kier alpha value is -2.27. The van der Waals surface area contributed by atoms with E-state index in [0.29, 0.717) is 0 Å². The average Bonchev–Trinajstić information content (AvgIpc) is 2.60. The molecule has 3 aromatic rings. The molecule has 0 saturated carbocycles. The molecule has 1 atom stereocenters. The summed E-state index contributed by atoms with van der Waals surface area (Å²) in [6, 6.07) is 18.4. The number of ether oxygens (including phenoxy) is 1. The van der Waals surface area contributed by atoms with Crippen LogP contribution < -0.4 is 4.74 Å². The molecule has 3 aromatic carbocycles. The van der Waals surface area contributed by atoms with Crippen molar-refractivity contribution < 1.29 is 17.9 Å². The van der Waals surface area contributed by atoms with Crippen molar-refractivity contribution in [2.75, 3.05) is 0 Å². The van der Waals surface area contributed by atoms with Crippen LogP contribution >= 0.6 is 15.9 Å². The summed E-state index contributed by atoms with van der Waals surface area (Å²) in [6.07, 6.45) is -3.37. The first kappa shape index (κ1) is 16.2. The Labute approximate surface area is 150 Å². The molecule has 126 valence electrons. The Bertz CT molecular complexity index is 974. The van der Waals surface area contributed by atoms with Crippen LogP contribution in [-0.4, -0.2) is 6.18 Å². The lowest BCUT2D eigenvalue weighted by Gasteiger charge is -2.27. The van der Waals surface area contributed by atoms with Crippen molar-refractivity contribution in [1.82, 2.24) is 0 Å². The second-order valence-electron chi connectivity index (χ2n) is 5.86. The third kappa shape index (κ3) is 2.93. The van der Waals surface area contributed by atoms with E-state index in [9.17, 15) is 13.2 Å². The van der Waals surface area contributed by atoms with Gasteiger partial charge in [0.15, 0.2) is 0 Å². The first-order valence-corrected chi connectivity index (χ1v) is 8.47. The number of halogens is 4. The smallest absolute Gasteiger partial charge is 0.449 e. The summed E-state index contributed by atoms with van der Waals surface area (Å²) in [5, 5.41) is 1.86. The van der Waals surface area contributed by atoms with Gasteiger partial charge < -0.3 is 4.74 Å². The number of benzene rings is 3. The first-order chi connectivity index (χ1) is 11.9. The Balaban J connectivity index is 1.98. The third-order valence-electron chi connectivity index (χ3n) is 4.29. The molecule has 0 spiro atoms. The van der Waals surface area contributed by atoms with Crippen molar-refractivity contribution >= 4 is 26.7 Å². The van der Waals surface area contributed by atoms with Crippen LogP contribution in [0.25, 0.3) is 10.8 Å². The van der Waals surface area contributed by atoms with Crippen molar-refractivity contribution in [3.63, 3.8) is 0 Å². The molecule has 0 radical (unpaired) electrons. The van der Waals surface area contributed by atoms with Crippen LogP contribution in [0.1, 0.15) is 17.0 Å². The van der Waals surface area contributed by atoms with Crippen LogP contribution in [0.15, 0.2) is 77.0 Å². The molecular weight excluding hydrogens is 393 g/mol. The monoisotopic (exact) mass is 404 g/mol. The van der Waals surface area contributed by atoms with Gasteiger partial charge in [0.25, 0.3) is 0 Å². The third-order valence-corrected chi connectivity index (χ3v) is 4.82. The second-order valence-corrected chi connectivity index (χ2v) is 6.77. The highest BCUT2D eigenvalue weighted by Crippen LogP contribution is 2.45. The highest BCUT2D eigenvalue weighted by molar-refractivity contribution is 9.10. The van der Waals surface area contributed by atoms with E-state index in [2.05, 4.69) is 15.9 Å². The highest BCUT2D eigenvalue weighted by Gasteiger charge is 2.40. The van der Waals surface area contributed by atoms with Gasteiger partial charge in [-0.15, -0.1) is 0 Å². The summed E-state index contributed by atoms with van der Waals surface area (Å²) >= 11 is 3.36. The van der Waals surface area contributed by atoms with Crippen molar-refractivity contribution in [3.05, 3.63) is 88.1 Å². The fourth-order valence-electron chi connectivity index (χ4n) is 3.16. The maximum Gasteiger partial charge on any atom is 0.449 e. The van der Waals surface area contributed by atoms with Gasteiger partial charge in [0.2, 0.25) is 5.76 Å². The molecule has 0 aromatic heterocycles. The van der Waals surface area contributed by atoms with Crippen molar-refractivity contribution in [3.8, 4) is 5.75 Å². The van der Waals surface area contributed by atoms with E-state index in [1.165, 1.54) is 0 Å². The number of allylic oxidation sites excluding steroid dienone is 2. The van der Waals surface area contributed by atoms with Gasteiger partial charge in [-0.2, -0.15) is 13.2 Å². The molecule has 0 saturated heterocycles. The Kier molecular flexibility index (Phi) is 3.84. The Morgan fingerprint density at radius 3 is 2.32 bits per heavy atom. The number of fused-ring (bicyclic) bond motifs is 3. The van der Waals surface area contributed by atoms with Crippen molar-refractivity contribution in [2.24, 2.45) is 0 Å². The average molecular weight is 405 g/mol. The molecule has 0 aliphatic carbocycles. The van der Waals surface area contributed by atoms with Crippen molar-refractivity contribution in [2.45, 2.75) is 12.1 Å². The Morgan fingerprint density at radius 2 is 1.60 bits per heavy atom. The molecule has 1 aliphatic heterocycles. The van der Waals surface area contributed by atoms with Gasteiger partial charge in [0.1, 0.15) is 5.75 Å². The van der Waals surface area contributed by atoms with E-state index < -0.39 is 17.9 Å². The number of alkyl halides is 3. The molecule has 0 amide bonds. The molecule has 1 nitrogen and oxygen atoms in total. The molecule has 25 heavy (non-hydrogen) atoms. The Morgan fingerprint density at radius 1 is 0.880 bits per heavy atom. The number of rotatable bonds is 1. The van der Waals surface area contributed by atoms with Crippen LogP contribution in [0.5, 0.6) is 5.75 Å². The predicted octanol–water partition coefficient (Wildman–Crippen LogP) is 6.57. The van der Waals surface area contributed by atoms with Gasteiger partial charge in [0, 0.05) is 16.0 Å². The highest BCUT2D eigenvalue weighted by atomic mass is 79.9. The molecule has 5 heteroatoms. The summed E-state index contributed by atoms with van der Waals surface area (Å²) < 4.78 is 46.0. The molecular formula is C20H12BrF3O. The fourth-order valence-corrected chi connectivity index (χ4v) is 3.42. The van der Waals surface area contributed by atoms with Crippen LogP contribution in [0.3, 0.4) is 0 Å². The largest absolute Gasteiger partial charge is 0.452 e. The van der Waals surface area contributed by atoms with E-state index in [-0.39, 0.29) is 5.75 Å². The van der Waals surface area contributed by atoms with Crippen LogP contribution in [0.2, 0.25) is 0 Å². The van der Waals surface area contributed by atoms with Crippen LogP contribution in [0, 0.1) is 0 Å². The molecule has 0 fully saturated rings. The zero-order valence-corrected chi connectivity index (χ0v) is 14.4. The fraction of sp³-hybridized carbons (Fsp3) is 0.100. The summed E-state index contributed by atoms with van der Waals surface area (Å²) in [5.41, 5.74) is 1.54. The normalized spacial score (nSPS) is 17.0. The van der Waals surface area contributed by atoms with Crippen LogP contribution in [0.4, 0.5) is 13.2 Å². The molecule has 1 heterocycles. The van der Waals surface area contributed by atoms with Gasteiger partial charge in [-0.3, -0.25) is 0 Å². The lowest BCUT2D eigenvalue weighted by Crippen LogP contribution is -2.22. The van der Waals surface area contributed by atoms with Gasteiger partial charge >= 0.3 is 6.18 Å². The topological polar surface area (TPSA) is 9.23 Å². The molecule has 0 bridgehead atoms. The minimum atomic E-state index is -4.53. The van der Waals surface area contributed by atoms with Gasteiger partial charge in [-0.05, 0) is 40.6 Å². The van der Waals surface area contributed by atoms with E-state index in [1.807, 2.05) is 48.5 Å². The van der Waals surface area contributed by atoms with E-state index in [0.717, 1.165) is 32.4 Å². The second kappa shape index (κ2) is 5.92. The van der Waals surface area contributed by atoms with Gasteiger partial charge in [-0.1, -0.05) is 58.4 Å². The predicted molar refractivity (Wildman–Crippen MR) is 94.7 cm³/mol. The summed E-state index contributed by atoms with van der Waals surface area (Å²) in [4.78, 5) is 0. The standard InChI is InChI=1S/C20H12BrF3O/c21-14-8-5-13(6-9-14)16-11-18(20(22,23)24)25-17-10-7-12-3-1-2-4-15(12)19(16)17/h1-11,16H. The lowest BCUT2D eigenvalue weighted by atomic mass is 9.85. The van der Waals surface area contributed by atoms with Gasteiger partial charge in [-0.25, -0.2) is 0 Å². The number of hydrogen-bond donors (Lipinski definition) is 0. The zero-order valence-electron chi connectivity index (χ0n) is 12.8. The van der Waals surface area contributed by atoms with Crippen molar-refractivity contribution in [1.29, 1.82) is 0 Å². The SMILES string of the molecule is FC(F)(F)C1=CC(c2ccc(Br)cc2)c2c(ccc3ccccc23)O1. The quantitative estimate of drug-likeness (QED) is 0.445. The summed E-state index contributed by atoms with van der Waals surface area (Å²) in [7, 11) is 0. The van der Waals surface area contributed by atoms with Crippen LogP contribution in [-0.2, 0) is 0 Å². The van der Waals surface area contributed by atoms with Gasteiger partial charge in [0.05, 0.1) is 0 Å². The molecule has 1 aliphatic rings. The minimum absolute atomic E-state index is 0.251. The lowest BCUT2D eigenvalue weighted by molar-refractivity contribution is -0.117. The minimum Gasteiger partial charge on any atom is -0.452 e.